The van der Waals surface area contributed by atoms with Crippen molar-refractivity contribution in [1.29, 1.82) is 0 Å². The Balaban J connectivity index is 1.96. The first-order valence-corrected chi connectivity index (χ1v) is 7.16. The van der Waals surface area contributed by atoms with Gasteiger partial charge in [-0.3, -0.25) is 0 Å². The molecule has 0 radical (unpaired) electrons. The molecule has 0 fully saturated rings. The van der Waals surface area contributed by atoms with Crippen LogP contribution in [0.25, 0.3) is 5.95 Å². The van der Waals surface area contributed by atoms with Crippen LogP contribution in [0.5, 0.6) is 0 Å². The molecule has 1 aromatic carbocycles. The maximum atomic E-state index is 5.98. The van der Waals surface area contributed by atoms with E-state index in [0.717, 1.165) is 4.90 Å². The van der Waals surface area contributed by atoms with Gasteiger partial charge in [0.2, 0.25) is 5.95 Å². The zero-order valence-electron chi connectivity index (χ0n) is 10.9. The molecule has 0 aliphatic carbocycles. The molecular formula is C12H10ClN7S. The molecular weight excluding hydrogens is 310 g/mol. The summed E-state index contributed by atoms with van der Waals surface area (Å²) in [4.78, 5) is 17.8. The molecule has 0 aliphatic heterocycles. The van der Waals surface area contributed by atoms with Crippen molar-refractivity contribution in [1.82, 2.24) is 29.7 Å². The maximum Gasteiger partial charge on any atom is 0.257 e. The Morgan fingerprint density at radius 2 is 2.14 bits per heavy atom. The highest BCUT2D eigenvalue weighted by molar-refractivity contribution is 7.99. The van der Waals surface area contributed by atoms with Crippen molar-refractivity contribution in [2.24, 2.45) is 0 Å². The summed E-state index contributed by atoms with van der Waals surface area (Å²) in [5.74, 6) is 0.858. The zero-order chi connectivity index (χ0) is 14.7. The van der Waals surface area contributed by atoms with E-state index in [1.54, 1.807) is 7.05 Å². The Hall–Kier alpha value is -2.19. The topological polar surface area (TPSA) is 81.4 Å². The van der Waals surface area contributed by atoms with Crippen LogP contribution in [-0.2, 0) is 0 Å². The first-order chi connectivity index (χ1) is 10.2. The van der Waals surface area contributed by atoms with Crippen molar-refractivity contribution < 1.29 is 0 Å². The summed E-state index contributed by atoms with van der Waals surface area (Å²) in [6.07, 6.45) is 2.95. The van der Waals surface area contributed by atoms with E-state index in [-0.39, 0.29) is 0 Å². The summed E-state index contributed by atoms with van der Waals surface area (Å²) in [6, 6.07) is 7.49. The minimum absolute atomic E-state index is 0.399. The van der Waals surface area contributed by atoms with Crippen molar-refractivity contribution in [3.63, 3.8) is 0 Å². The van der Waals surface area contributed by atoms with E-state index < -0.39 is 0 Å². The predicted molar refractivity (Wildman–Crippen MR) is 79.9 cm³/mol. The molecule has 106 valence electrons. The van der Waals surface area contributed by atoms with Gasteiger partial charge in [-0.05, 0) is 30.0 Å². The fourth-order valence-electron chi connectivity index (χ4n) is 1.55. The molecule has 0 spiro atoms. The largest absolute Gasteiger partial charge is 0.357 e. The summed E-state index contributed by atoms with van der Waals surface area (Å²) in [6.45, 7) is 0. The molecule has 2 aromatic heterocycles. The van der Waals surface area contributed by atoms with E-state index in [2.05, 4.69) is 30.4 Å². The lowest BCUT2D eigenvalue weighted by Crippen LogP contribution is -2.07. The van der Waals surface area contributed by atoms with E-state index in [1.165, 1.54) is 29.1 Å². The van der Waals surface area contributed by atoms with Crippen molar-refractivity contribution >= 4 is 29.3 Å². The van der Waals surface area contributed by atoms with E-state index >= 15 is 0 Å². The summed E-state index contributed by atoms with van der Waals surface area (Å²) in [7, 11) is 1.74. The number of benzene rings is 1. The molecule has 21 heavy (non-hydrogen) atoms. The quantitative estimate of drug-likeness (QED) is 0.790. The molecule has 3 aromatic rings. The molecule has 7 nitrogen and oxygen atoms in total. The van der Waals surface area contributed by atoms with Gasteiger partial charge in [-0.2, -0.15) is 24.7 Å². The number of aromatic nitrogens is 6. The van der Waals surface area contributed by atoms with Crippen molar-refractivity contribution in [2.75, 3.05) is 12.4 Å². The number of hydrogen-bond donors (Lipinski definition) is 1. The van der Waals surface area contributed by atoms with Crippen molar-refractivity contribution in [3.8, 4) is 5.95 Å². The molecule has 0 unspecified atom stereocenters. The fourth-order valence-corrected chi connectivity index (χ4v) is 2.61. The van der Waals surface area contributed by atoms with E-state index in [4.69, 9.17) is 11.6 Å². The Morgan fingerprint density at radius 1 is 1.24 bits per heavy atom. The van der Waals surface area contributed by atoms with Crippen LogP contribution >= 0.6 is 23.4 Å². The van der Waals surface area contributed by atoms with Gasteiger partial charge in [0.15, 0.2) is 5.16 Å². The molecule has 0 saturated carbocycles. The van der Waals surface area contributed by atoms with Crippen LogP contribution in [0.3, 0.4) is 0 Å². The second-order valence-corrected chi connectivity index (χ2v) is 5.37. The minimum atomic E-state index is 0.399. The van der Waals surface area contributed by atoms with Crippen molar-refractivity contribution in [3.05, 3.63) is 41.9 Å². The highest BCUT2D eigenvalue weighted by Crippen LogP contribution is 2.27. The van der Waals surface area contributed by atoms with E-state index in [9.17, 15) is 0 Å². The molecule has 0 amide bonds. The second-order valence-electron chi connectivity index (χ2n) is 3.89. The third-order valence-electron chi connectivity index (χ3n) is 2.46. The summed E-state index contributed by atoms with van der Waals surface area (Å²) >= 11 is 7.38. The number of nitrogens with one attached hydrogen (secondary N) is 1. The average Bonchev–Trinajstić information content (AvgIpc) is 3.01. The van der Waals surface area contributed by atoms with E-state index in [1.807, 2.05) is 24.3 Å². The number of halogens is 1. The molecule has 0 saturated heterocycles. The summed E-state index contributed by atoms with van der Waals surface area (Å²) < 4.78 is 1.48. The van der Waals surface area contributed by atoms with Crippen LogP contribution in [0.1, 0.15) is 0 Å². The summed E-state index contributed by atoms with van der Waals surface area (Å²) in [5, 5.41) is 8.13. The molecule has 9 heteroatoms. The van der Waals surface area contributed by atoms with Gasteiger partial charge >= 0.3 is 0 Å². The van der Waals surface area contributed by atoms with Crippen LogP contribution in [0.15, 0.2) is 47.0 Å². The normalized spacial score (nSPS) is 10.6. The number of anilines is 1. The first-order valence-electron chi connectivity index (χ1n) is 5.97. The highest BCUT2D eigenvalue weighted by Gasteiger charge is 2.09. The van der Waals surface area contributed by atoms with Gasteiger partial charge in [0, 0.05) is 17.0 Å². The zero-order valence-corrected chi connectivity index (χ0v) is 12.5. The van der Waals surface area contributed by atoms with Crippen LogP contribution in [-0.4, -0.2) is 36.8 Å². The van der Waals surface area contributed by atoms with Gasteiger partial charge in [-0.15, -0.1) is 0 Å². The smallest absolute Gasteiger partial charge is 0.257 e. The van der Waals surface area contributed by atoms with Crippen LogP contribution in [0.2, 0.25) is 5.02 Å². The Morgan fingerprint density at radius 3 is 2.86 bits per heavy atom. The van der Waals surface area contributed by atoms with Crippen molar-refractivity contribution in [2.45, 2.75) is 10.1 Å². The lowest BCUT2D eigenvalue weighted by Gasteiger charge is -2.06. The third-order valence-corrected chi connectivity index (χ3v) is 3.55. The Labute approximate surface area is 129 Å². The number of nitrogens with zero attached hydrogens (tertiary/aromatic N) is 6. The average molecular weight is 320 g/mol. The number of rotatable bonds is 4. The standard InChI is InChI=1S/C12H10ClN7S/c1-14-10-17-11(20-7-15-6-16-20)19-12(18-10)21-9-4-2-3-8(13)5-9/h2-7H,1H3,(H,14,17,18,19). The SMILES string of the molecule is CNc1nc(Sc2cccc(Cl)c2)nc(-n2cncn2)n1. The molecule has 3 rings (SSSR count). The minimum Gasteiger partial charge on any atom is -0.357 e. The van der Waals surface area contributed by atoms with E-state index in [0.29, 0.717) is 22.1 Å². The van der Waals surface area contributed by atoms with Gasteiger partial charge in [-0.1, -0.05) is 17.7 Å². The van der Waals surface area contributed by atoms with Gasteiger partial charge in [0.1, 0.15) is 12.7 Å². The second kappa shape index (κ2) is 6.06. The highest BCUT2D eigenvalue weighted by atomic mass is 35.5. The van der Waals surface area contributed by atoms with Gasteiger partial charge in [0.25, 0.3) is 5.95 Å². The Kier molecular flexibility index (Phi) is 3.98. The van der Waals surface area contributed by atoms with Gasteiger partial charge in [0.05, 0.1) is 0 Å². The van der Waals surface area contributed by atoms with Gasteiger partial charge < -0.3 is 5.32 Å². The van der Waals surface area contributed by atoms with Crippen LogP contribution in [0, 0.1) is 0 Å². The lowest BCUT2D eigenvalue weighted by atomic mass is 10.4. The molecule has 0 aliphatic rings. The molecule has 2 heterocycles. The third kappa shape index (κ3) is 3.29. The first kappa shape index (κ1) is 13.8. The van der Waals surface area contributed by atoms with Crippen LogP contribution < -0.4 is 5.32 Å². The Bertz CT molecular complexity index is 747. The predicted octanol–water partition coefficient (Wildman–Crippen LogP) is 2.30. The van der Waals surface area contributed by atoms with Crippen LogP contribution in [0.4, 0.5) is 5.95 Å². The monoisotopic (exact) mass is 319 g/mol. The molecule has 0 bridgehead atoms. The summed E-state index contributed by atoms with van der Waals surface area (Å²) in [5.41, 5.74) is 0. The number of hydrogen-bond acceptors (Lipinski definition) is 7. The fraction of sp³-hybridized carbons (Fsp3) is 0.0833. The molecule has 1 N–H and O–H groups in total. The lowest BCUT2D eigenvalue weighted by molar-refractivity contribution is 0.761. The maximum absolute atomic E-state index is 5.98. The van der Waals surface area contributed by atoms with Gasteiger partial charge in [-0.25, -0.2) is 4.98 Å². The molecule has 0 atom stereocenters.